The molecule has 0 saturated carbocycles. The molecule has 1 fully saturated rings. The van der Waals surface area contributed by atoms with Crippen LogP contribution in [0.3, 0.4) is 0 Å². The molecule has 3 atom stereocenters. The number of likely N-dealkylation sites (tertiary alicyclic amines) is 1. The number of nitrogens with zero attached hydrogens (tertiary/aromatic N) is 2. The lowest BCUT2D eigenvalue weighted by Gasteiger charge is -2.41. The maximum Gasteiger partial charge on any atom is 0.430 e. The Labute approximate surface area is 258 Å². The molecule has 0 bridgehead atoms. The maximum atomic E-state index is 13.9. The van der Waals surface area contributed by atoms with E-state index in [0.717, 1.165) is 35.7 Å². The quantitative estimate of drug-likeness (QED) is 0.379. The van der Waals surface area contributed by atoms with Crippen LogP contribution in [0.4, 0.5) is 41.2 Å². The first kappa shape index (κ1) is 35.2. The van der Waals surface area contributed by atoms with Crippen molar-refractivity contribution < 1.29 is 63.7 Å². The van der Waals surface area contributed by atoms with Crippen molar-refractivity contribution in [2.75, 3.05) is 31.0 Å². The minimum Gasteiger partial charge on any atom is -0.453 e. The molecule has 3 unspecified atom stereocenters. The first-order valence-electron chi connectivity index (χ1n) is 13.9. The SMILES string of the molecule is COC(=O)NCC1CN(C(=O)CC2CCc3cc(C(O)(C(F)(F)F)C(F)(F)F)ccc3N2S(=O)(=O)c2ccc(F)cc2)CCC1O. The monoisotopic (exact) mass is 685 g/mol. The number of hydrogen-bond donors (Lipinski definition) is 3. The van der Waals surface area contributed by atoms with Crippen molar-refractivity contribution >= 4 is 27.7 Å². The number of hydrogen-bond acceptors (Lipinski definition) is 7. The summed E-state index contributed by atoms with van der Waals surface area (Å²) in [6.45, 7) is 0.0262. The second-order valence-corrected chi connectivity index (χ2v) is 12.8. The second kappa shape index (κ2) is 12.9. The molecular formula is C28H30F7N3O7S. The van der Waals surface area contributed by atoms with E-state index in [1.54, 1.807) is 0 Å². The molecule has 2 aliphatic heterocycles. The Balaban J connectivity index is 1.70. The molecule has 2 aromatic carbocycles. The molecule has 0 spiro atoms. The number of carbonyl (C=O) groups excluding carboxylic acids is 2. The van der Waals surface area contributed by atoms with Crippen molar-refractivity contribution in [3.05, 3.63) is 59.4 Å². The van der Waals surface area contributed by atoms with E-state index in [0.29, 0.717) is 18.2 Å². The molecule has 0 radical (unpaired) electrons. The van der Waals surface area contributed by atoms with Gasteiger partial charge in [-0.3, -0.25) is 9.10 Å². The summed E-state index contributed by atoms with van der Waals surface area (Å²) < 4.78 is 128. The lowest BCUT2D eigenvalue weighted by molar-refractivity contribution is -0.376. The third-order valence-electron chi connectivity index (χ3n) is 8.15. The van der Waals surface area contributed by atoms with Gasteiger partial charge in [0, 0.05) is 37.5 Å². The van der Waals surface area contributed by atoms with E-state index in [1.807, 2.05) is 0 Å². The first-order valence-corrected chi connectivity index (χ1v) is 15.3. The minimum atomic E-state index is -6.17. The number of sulfonamides is 1. The fraction of sp³-hybridized carbons (Fsp3) is 0.500. The number of amides is 2. The number of rotatable bonds is 7. The zero-order valence-electron chi connectivity index (χ0n) is 24.1. The van der Waals surface area contributed by atoms with Crippen molar-refractivity contribution in [1.82, 2.24) is 10.2 Å². The molecule has 46 heavy (non-hydrogen) atoms. The smallest absolute Gasteiger partial charge is 0.430 e. The van der Waals surface area contributed by atoms with Gasteiger partial charge in [-0.1, -0.05) is 12.1 Å². The van der Waals surface area contributed by atoms with Crippen LogP contribution in [-0.2, 0) is 31.6 Å². The minimum absolute atomic E-state index is 0.0190. The molecular weight excluding hydrogens is 655 g/mol. The van der Waals surface area contributed by atoms with E-state index >= 15 is 0 Å². The Bertz CT molecular complexity index is 1540. The summed E-state index contributed by atoms with van der Waals surface area (Å²) >= 11 is 0. The van der Waals surface area contributed by atoms with Crippen LogP contribution in [0.25, 0.3) is 0 Å². The summed E-state index contributed by atoms with van der Waals surface area (Å²) in [5, 5.41) is 22.7. The first-order chi connectivity index (χ1) is 21.3. The average Bonchev–Trinajstić information content (AvgIpc) is 2.98. The van der Waals surface area contributed by atoms with Crippen molar-refractivity contribution in [1.29, 1.82) is 0 Å². The van der Waals surface area contributed by atoms with Gasteiger partial charge < -0.3 is 25.2 Å². The third kappa shape index (κ3) is 6.73. The largest absolute Gasteiger partial charge is 0.453 e. The Morgan fingerprint density at radius 1 is 1.02 bits per heavy atom. The van der Waals surface area contributed by atoms with E-state index in [4.69, 9.17) is 0 Å². The van der Waals surface area contributed by atoms with E-state index in [9.17, 15) is 59.0 Å². The summed E-state index contributed by atoms with van der Waals surface area (Å²) in [7, 11) is -3.53. The van der Waals surface area contributed by atoms with Crippen molar-refractivity contribution in [3.8, 4) is 0 Å². The highest BCUT2D eigenvalue weighted by molar-refractivity contribution is 7.92. The number of methoxy groups -OCH3 is 1. The maximum absolute atomic E-state index is 13.9. The van der Waals surface area contributed by atoms with E-state index in [-0.39, 0.29) is 50.1 Å². The highest BCUT2D eigenvalue weighted by Gasteiger charge is 2.71. The van der Waals surface area contributed by atoms with Gasteiger partial charge in [-0.25, -0.2) is 17.6 Å². The number of aryl methyl sites for hydroxylation is 1. The second-order valence-electron chi connectivity index (χ2n) is 11.0. The number of anilines is 1. The van der Waals surface area contributed by atoms with Crippen LogP contribution < -0.4 is 9.62 Å². The van der Waals surface area contributed by atoms with Gasteiger partial charge in [0.15, 0.2) is 0 Å². The molecule has 18 heteroatoms. The van der Waals surface area contributed by atoms with Crippen LogP contribution in [0.5, 0.6) is 0 Å². The highest BCUT2D eigenvalue weighted by atomic mass is 32.2. The van der Waals surface area contributed by atoms with Gasteiger partial charge in [0.1, 0.15) is 5.82 Å². The van der Waals surface area contributed by atoms with Gasteiger partial charge in [0.2, 0.25) is 5.91 Å². The number of ether oxygens (including phenoxy) is 1. The Morgan fingerprint density at radius 3 is 2.24 bits per heavy atom. The Morgan fingerprint density at radius 2 is 1.65 bits per heavy atom. The predicted octanol–water partition coefficient (Wildman–Crippen LogP) is 3.60. The zero-order chi connectivity index (χ0) is 34.2. The molecule has 4 rings (SSSR count). The number of alkyl halides is 6. The number of benzene rings is 2. The number of nitrogens with one attached hydrogen (secondary N) is 1. The van der Waals surface area contributed by atoms with E-state index < -0.39 is 80.7 Å². The van der Waals surface area contributed by atoms with Gasteiger partial charge in [-0.2, -0.15) is 26.3 Å². The number of aliphatic hydroxyl groups excluding tert-OH is 1. The number of carbonyl (C=O) groups is 2. The fourth-order valence-corrected chi connectivity index (χ4v) is 7.36. The molecule has 1 saturated heterocycles. The van der Waals surface area contributed by atoms with Crippen LogP contribution in [0, 0.1) is 11.7 Å². The topological polar surface area (TPSA) is 136 Å². The van der Waals surface area contributed by atoms with Crippen LogP contribution in [-0.4, -0.2) is 86.8 Å². The van der Waals surface area contributed by atoms with E-state index in [2.05, 4.69) is 10.1 Å². The molecule has 0 aromatic heterocycles. The number of halogens is 7. The Hall–Kier alpha value is -3.64. The summed E-state index contributed by atoms with van der Waals surface area (Å²) in [6, 6.07) is 3.81. The fourth-order valence-electron chi connectivity index (χ4n) is 5.64. The van der Waals surface area contributed by atoms with Gasteiger partial charge in [-0.15, -0.1) is 0 Å². The lowest BCUT2D eigenvalue weighted by Crippen LogP contribution is -2.54. The van der Waals surface area contributed by atoms with Crippen LogP contribution in [0.1, 0.15) is 30.4 Å². The highest BCUT2D eigenvalue weighted by Crippen LogP contribution is 2.51. The standard InChI is InChI=1S/C28H30F7N3O7S/c1-45-25(41)36-14-17-15-37(11-10-23(17)39)24(40)13-20-6-2-16-12-18(26(42,27(30,31)32)28(33,34)35)3-9-22(16)38(20)46(43,44)21-7-4-19(29)5-8-21/h3-5,7-9,12,17,20,23,39,42H,2,6,10-11,13-15H2,1H3,(H,36,41). The van der Waals surface area contributed by atoms with Gasteiger partial charge in [0.25, 0.3) is 15.6 Å². The summed E-state index contributed by atoms with van der Waals surface area (Å²) in [5.74, 6) is -1.94. The normalized spacial score (nSPS) is 21.0. The van der Waals surface area contributed by atoms with Crippen molar-refractivity contribution in [3.63, 3.8) is 0 Å². The molecule has 3 N–H and O–H groups in total. The Kier molecular flexibility index (Phi) is 9.85. The number of fused-ring (bicyclic) bond motifs is 1. The lowest BCUT2D eigenvalue weighted by atomic mass is 9.87. The van der Waals surface area contributed by atoms with Crippen molar-refractivity contribution in [2.24, 2.45) is 5.92 Å². The van der Waals surface area contributed by atoms with Crippen molar-refractivity contribution in [2.45, 2.75) is 60.7 Å². The summed E-state index contributed by atoms with van der Waals surface area (Å²) in [5.41, 5.74) is -7.41. The average molecular weight is 686 g/mol. The van der Waals surface area contributed by atoms with Gasteiger partial charge in [0.05, 0.1) is 29.8 Å². The molecule has 2 aromatic rings. The summed E-state index contributed by atoms with van der Waals surface area (Å²) in [4.78, 5) is 25.8. The number of aliphatic hydroxyl groups is 2. The number of alkyl carbamates (subject to hydrolysis) is 1. The van der Waals surface area contributed by atoms with Crippen LogP contribution >= 0.6 is 0 Å². The van der Waals surface area contributed by atoms with Crippen LogP contribution in [0.15, 0.2) is 47.4 Å². The molecule has 2 heterocycles. The van der Waals surface area contributed by atoms with E-state index in [1.165, 1.54) is 4.90 Å². The predicted molar refractivity (Wildman–Crippen MR) is 146 cm³/mol. The molecule has 2 amide bonds. The summed E-state index contributed by atoms with van der Waals surface area (Å²) in [6.07, 6.45) is -14.8. The number of piperidine rings is 1. The molecule has 2 aliphatic rings. The zero-order valence-corrected chi connectivity index (χ0v) is 24.9. The molecule has 0 aliphatic carbocycles. The van der Waals surface area contributed by atoms with Crippen LogP contribution in [0.2, 0.25) is 0 Å². The third-order valence-corrected chi connectivity index (χ3v) is 10.0. The van der Waals surface area contributed by atoms with Gasteiger partial charge >= 0.3 is 18.4 Å². The molecule has 254 valence electrons. The molecule has 10 nitrogen and oxygen atoms in total. The van der Waals surface area contributed by atoms with Gasteiger partial charge in [-0.05, 0) is 55.2 Å².